The highest BCUT2D eigenvalue weighted by Gasteiger charge is 2.15. The van der Waals surface area contributed by atoms with Crippen LogP contribution in [0.5, 0.6) is 0 Å². The first-order valence-corrected chi connectivity index (χ1v) is 6.99. The number of methoxy groups -OCH3 is 2. The van der Waals surface area contributed by atoms with Crippen molar-refractivity contribution in [3.05, 3.63) is 35.4 Å². The lowest BCUT2D eigenvalue weighted by Gasteiger charge is -2.16. The second kappa shape index (κ2) is 9.50. The summed E-state index contributed by atoms with van der Waals surface area (Å²) in [6, 6.07) is 7.58. The highest BCUT2D eigenvalue weighted by Crippen LogP contribution is 2.10. The molecule has 4 nitrogen and oxygen atoms in total. The zero-order valence-electron chi connectivity index (χ0n) is 12.6. The Morgan fingerprint density at radius 2 is 1.70 bits per heavy atom. The van der Waals surface area contributed by atoms with Gasteiger partial charge in [0.15, 0.2) is 0 Å². The van der Waals surface area contributed by atoms with Gasteiger partial charge < -0.3 is 14.2 Å². The van der Waals surface area contributed by atoms with Gasteiger partial charge in [0.2, 0.25) is 0 Å². The van der Waals surface area contributed by atoms with Gasteiger partial charge in [-0.2, -0.15) is 0 Å². The Bertz CT molecular complexity index is 380. The minimum atomic E-state index is -0.378. The van der Waals surface area contributed by atoms with E-state index >= 15 is 0 Å². The normalized spacial score (nSPS) is 10.8. The molecule has 1 aromatic rings. The van der Waals surface area contributed by atoms with Crippen molar-refractivity contribution in [3.63, 3.8) is 0 Å². The number of esters is 1. The summed E-state index contributed by atoms with van der Waals surface area (Å²) < 4.78 is 15.3. The zero-order chi connectivity index (χ0) is 14.8. The molecule has 4 heteroatoms. The molecule has 0 bridgehead atoms. The third-order valence-corrected chi connectivity index (χ3v) is 2.99. The number of hydrogen-bond acceptors (Lipinski definition) is 4. The molecule has 1 rings (SSSR count). The predicted molar refractivity (Wildman–Crippen MR) is 78.0 cm³/mol. The average molecular weight is 280 g/mol. The first kappa shape index (κ1) is 16.7. The van der Waals surface area contributed by atoms with Crippen molar-refractivity contribution >= 4 is 5.97 Å². The van der Waals surface area contributed by atoms with Gasteiger partial charge in [0, 0.05) is 14.2 Å². The Labute approximate surface area is 121 Å². The maximum atomic E-state index is 12.0. The number of carbonyl (C=O) groups excluding carboxylic acids is 1. The van der Waals surface area contributed by atoms with Gasteiger partial charge >= 0.3 is 5.97 Å². The second-order valence-corrected chi connectivity index (χ2v) is 4.74. The van der Waals surface area contributed by atoms with Crippen molar-refractivity contribution in [1.29, 1.82) is 0 Å². The second-order valence-electron chi connectivity index (χ2n) is 4.74. The fraction of sp³-hybridized carbons (Fsp3) is 0.562. The summed E-state index contributed by atoms with van der Waals surface area (Å²) in [6.07, 6.45) is 2.99. The number of hydrogen-bond donors (Lipinski definition) is 0. The number of unbranched alkanes of at least 4 members (excludes halogenated alkanes) is 1. The van der Waals surface area contributed by atoms with Crippen LogP contribution in [0.2, 0.25) is 0 Å². The van der Waals surface area contributed by atoms with Gasteiger partial charge in [0.25, 0.3) is 0 Å². The zero-order valence-corrected chi connectivity index (χ0v) is 12.6. The summed E-state index contributed by atoms with van der Waals surface area (Å²) >= 11 is 0. The predicted octanol–water partition coefficient (Wildman–Crippen LogP) is 2.85. The monoisotopic (exact) mass is 280 g/mol. The van der Waals surface area contributed by atoms with E-state index in [-0.39, 0.29) is 12.1 Å². The lowest BCUT2D eigenvalue weighted by molar-refractivity contribution is -0.0223. The molecule has 0 amide bonds. The SMILES string of the molecule is CCCCc1ccc(C(=O)OC(COC)COC)cc1. The molecule has 0 unspecified atom stereocenters. The maximum absolute atomic E-state index is 12.0. The minimum absolute atomic E-state index is 0.328. The number of carbonyl (C=O) groups is 1. The van der Waals surface area contributed by atoms with Crippen LogP contribution in [-0.4, -0.2) is 39.5 Å². The first-order chi connectivity index (χ1) is 9.71. The number of ether oxygens (including phenoxy) is 3. The summed E-state index contributed by atoms with van der Waals surface area (Å²) in [4.78, 5) is 12.0. The Balaban J connectivity index is 2.57. The molecule has 0 saturated carbocycles. The molecule has 0 saturated heterocycles. The van der Waals surface area contributed by atoms with E-state index in [1.54, 1.807) is 14.2 Å². The maximum Gasteiger partial charge on any atom is 0.338 e. The van der Waals surface area contributed by atoms with Crippen LogP contribution in [0.25, 0.3) is 0 Å². The summed E-state index contributed by atoms with van der Waals surface area (Å²) in [6.45, 7) is 2.82. The van der Waals surface area contributed by atoms with Crippen molar-refractivity contribution < 1.29 is 19.0 Å². The van der Waals surface area contributed by atoms with Gasteiger partial charge in [-0.3, -0.25) is 0 Å². The molecule has 0 spiro atoms. The van der Waals surface area contributed by atoms with Crippen molar-refractivity contribution in [3.8, 4) is 0 Å². The summed E-state index contributed by atoms with van der Waals surface area (Å²) in [5, 5.41) is 0. The molecular formula is C16H24O4. The molecule has 112 valence electrons. The summed E-state index contributed by atoms with van der Waals surface area (Å²) in [5.74, 6) is -0.342. The molecule has 0 fully saturated rings. The molecule has 0 atom stereocenters. The van der Waals surface area contributed by atoms with Crippen molar-refractivity contribution in [2.24, 2.45) is 0 Å². The highest BCUT2D eigenvalue weighted by atomic mass is 16.6. The van der Waals surface area contributed by atoms with E-state index in [1.807, 2.05) is 24.3 Å². The highest BCUT2D eigenvalue weighted by molar-refractivity contribution is 5.89. The van der Waals surface area contributed by atoms with Gasteiger partial charge in [-0.15, -0.1) is 0 Å². The van der Waals surface area contributed by atoms with Crippen LogP contribution in [0.4, 0.5) is 0 Å². The van der Waals surface area contributed by atoms with Crippen LogP contribution in [-0.2, 0) is 20.6 Å². The van der Waals surface area contributed by atoms with Crippen LogP contribution in [0.1, 0.15) is 35.7 Å². The molecule has 0 aromatic heterocycles. The molecule has 0 heterocycles. The van der Waals surface area contributed by atoms with Crippen molar-refractivity contribution in [1.82, 2.24) is 0 Å². The van der Waals surface area contributed by atoms with Crippen LogP contribution in [0.15, 0.2) is 24.3 Å². The van der Waals surface area contributed by atoms with E-state index in [4.69, 9.17) is 14.2 Å². The molecule has 20 heavy (non-hydrogen) atoms. The molecule has 0 N–H and O–H groups in total. The Morgan fingerprint density at radius 1 is 1.10 bits per heavy atom. The van der Waals surface area contributed by atoms with E-state index in [1.165, 1.54) is 12.0 Å². The van der Waals surface area contributed by atoms with Gasteiger partial charge in [-0.25, -0.2) is 4.79 Å². The minimum Gasteiger partial charge on any atom is -0.454 e. The fourth-order valence-corrected chi connectivity index (χ4v) is 1.90. The van der Waals surface area contributed by atoms with Gasteiger partial charge in [0.05, 0.1) is 18.8 Å². The van der Waals surface area contributed by atoms with Gasteiger partial charge in [-0.05, 0) is 30.5 Å². The largest absolute Gasteiger partial charge is 0.454 e. The van der Waals surface area contributed by atoms with E-state index in [0.717, 1.165) is 12.8 Å². The molecule has 0 aliphatic heterocycles. The summed E-state index contributed by atoms with van der Waals surface area (Å²) in [7, 11) is 3.14. The number of benzene rings is 1. The van der Waals surface area contributed by atoms with Crippen LogP contribution in [0, 0.1) is 0 Å². The number of rotatable bonds is 9. The molecule has 0 aliphatic rings. The van der Waals surface area contributed by atoms with Crippen molar-refractivity contribution in [2.75, 3.05) is 27.4 Å². The van der Waals surface area contributed by atoms with E-state index < -0.39 is 0 Å². The molecular weight excluding hydrogens is 256 g/mol. The van der Waals surface area contributed by atoms with Crippen LogP contribution >= 0.6 is 0 Å². The lowest BCUT2D eigenvalue weighted by Crippen LogP contribution is -2.27. The van der Waals surface area contributed by atoms with Gasteiger partial charge in [-0.1, -0.05) is 25.5 Å². The van der Waals surface area contributed by atoms with E-state index in [2.05, 4.69) is 6.92 Å². The topological polar surface area (TPSA) is 44.8 Å². The molecule has 1 aromatic carbocycles. The average Bonchev–Trinajstić information content (AvgIpc) is 2.46. The first-order valence-electron chi connectivity index (χ1n) is 6.99. The third-order valence-electron chi connectivity index (χ3n) is 2.99. The van der Waals surface area contributed by atoms with Crippen LogP contribution < -0.4 is 0 Å². The van der Waals surface area contributed by atoms with Crippen LogP contribution in [0.3, 0.4) is 0 Å². The number of aryl methyl sites for hydroxylation is 1. The van der Waals surface area contributed by atoms with Gasteiger partial charge in [0.1, 0.15) is 6.10 Å². The summed E-state index contributed by atoms with van der Waals surface area (Å²) in [5.41, 5.74) is 1.80. The Kier molecular flexibility index (Phi) is 7.92. The Morgan fingerprint density at radius 3 is 2.20 bits per heavy atom. The lowest BCUT2D eigenvalue weighted by atomic mass is 10.1. The van der Waals surface area contributed by atoms with E-state index in [0.29, 0.717) is 18.8 Å². The molecule has 0 radical (unpaired) electrons. The quantitative estimate of drug-likeness (QED) is 0.652. The fourth-order valence-electron chi connectivity index (χ4n) is 1.90. The third kappa shape index (κ3) is 5.72. The molecule has 0 aliphatic carbocycles. The Hall–Kier alpha value is -1.39. The van der Waals surface area contributed by atoms with Crippen molar-refractivity contribution in [2.45, 2.75) is 32.3 Å². The smallest absolute Gasteiger partial charge is 0.338 e. The van der Waals surface area contributed by atoms with E-state index in [9.17, 15) is 4.79 Å². The standard InChI is InChI=1S/C16H24O4/c1-4-5-6-13-7-9-14(10-8-13)16(17)20-15(11-18-2)12-19-3/h7-10,15H,4-6,11-12H2,1-3H3.